The van der Waals surface area contributed by atoms with Gasteiger partial charge in [-0.15, -0.1) is 0 Å². The number of nitrogens with one attached hydrogen (secondary N) is 1. The molecule has 0 radical (unpaired) electrons. The van der Waals surface area contributed by atoms with Crippen molar-refractivity contribution < 1.29 is 0 Å². The molecule has 0 bridgehead atoms. The van der Waals surface area contributed by atoms with Crippen LogP contribution in [0.2, 0.25) is 5.02 Å². The van der Waals surface area contributed by atoms with Gasteiger partial charge in [0.15, 0.2) is 0 Å². The van der Waals surface area contributed by atoms with Crippen LogP contribution in [0.4, 0.5) is 5.69 Å². The fourth-order valence-electron chi connectivity index (χ4n) is 1.76. The highest BCUT2D eigenvalue weighted by Crippen LogP contribution is 2.16. The summed E-state index contributed by atoms with van der Waals surface area (Å²) in [5.74, 6) is 0.338. The maximum Gasteiger partial charge on any atom is 0.287 e. The van der Waals surface area contributed by atoms with Gasteiger partial charge in [-0.25, -0.2) is 4.68 Å². The number of pyridine rings is 1. The Morgan fingerprint density at radius 1 is 1.40 bits per heavy atom. The van der Waals surface area contributed by atoms with Crippen LogP contribution in [-0.2, 0) is 13.1 Å². The molecule has 0 aliphatic heterocycles. The molecule has 2 heterocycles. The third kappa shape index (κ3) is 3.57. The molecule has 0 aliphatic rings. The van der Waals surface area contributed by atoms with Gasteiger partial charge in [-0.3, -0.25) is 9.78 Å². The van der Waals surface area contributed by atoms with E-state index in [0.717, 1.165) is 5.56 Å². The number of hydrogen-bond donors (Lipinski definition) is 1. The van der Waals surface area contributed by atoms with Crippen molar-refractivity contribution >= 4 is 17.3 Å². The van der Waals surface area contributed by atoms with Crippen molar-refractivity contribution in [3.05, 3.63) is 51.7 Å². The Kier molecular flexibility index (Phi) is 4.74. The molecule has 2 aromatic rings. The van der Waals surface area contributed by atoms with Gasteiger partial charge in [0, 0.05) is 25.5 Å². The minimum Gasteiger partial charge on any atom is -0.378 e. The number of nitrogens with zero attached hydrogens (tertiary/aromatic N) is 3. The second kappa shape index (κ2) is 6.52. The lowest BCUT2D eigenvalue weighted by Gasteiger charge is -2.11. The molecule has 2 aromatic heterocycles. The predicted octanol–water partition coefficient (Wildman–Crippen LogP) is 2.56. The lowest BCUT2D eigenvalue weighted by Crippen LogP contribution is -2.26. The molecule has 0 aromatic carbocycles. The van der Waals surface area contributed by atoms with E-state index < -0.39 is 0 Å². The molecule has 6 heteroatoms. The van der Waals surface area contributed by atoms with Gasteiger partial charge >= 0.3 is 0 Å². The highest BCUT2D eigenvalue weighted by atomic mass is 35.5. The fourth-order valence-corrected chi connectivity index (χ4v) is 1.98. The van der Waals surface area contributed by atoms with Crippen molar-refractivity contribution in [2.24, 2.45) is 5.92 Å². The number of anilines is 1. The van der Waals surface area contributed by atoms with Crippen LogP contribution in [0.5, 0.6) is 0 Å². The van der Waals surface area contributed by atoms with E-state index in [9.17, 15) is 4.79 Å². The summed E-state index contributed by atoms with van der Waals surface area (Å²) in [6, 6.07) is 3.80. The quantitative estimate of drug-likeness (QED) is 0.920. The topological polar surface area (TPSA) is 59.8 Å². The zero-order valence-electron chi connectivity index (χ0n) is 11.5. The zero-order valence-corrected chi connectivity index (χ0v) is 12.3. The van der Waals surface area contributed by atoms with E-state index in [4.69, 9.17) is 11.6 Å². The van der Waals surface area contributed by atoms with Crippen LogP contribution in [-0.4, -0.2) is 14.8 Å². The van der Waals surface area contributed by atoms with E-state index >= 15 is 0 Å². The number of hydrogen-bond acceptors (Lipinski definition) is 4. The molecule has 106 valence electrons. The molecule has 20 heavy (non-hydrogen) atoms. The Hall–Kier alpha value is -1.88. The summed E-state index contributed by atoms with van der Waals surface area (Å²) in [7, 11) is 0. The number of halogens is 1. The summed E-state index contributed by atoms with van der Waals surface area (Å²) in [6.45, 7) is 5.15. The van der Waals surface area contributed by atoms with E-state index in [0.29, 0.717) is 24.7 Å². The van der Waals surface area contributed by atoms with Crippen LogP contribution >= 0.6 is 11.6 Å². The molecular formula is C14H17ClN4O. The molecule has 0 fully saturated rings. The van der Waals surface area contributed by atoms with Gasteiger partial charge in [0.05, 0.1) is 11.9 Å². The molecule has 0 unspecified atom stereocenters. The molecule has 0 atom stereocenters. The highest BCUT2D eigenvalue weighted by molar-refractivity contribution is 6.32. The highest BCUT2D eigenvalue weighted by Gasteiger charge is 2.10. The Morgan fingerprint density at radius 3 is 2.85 bits per heavy atom. The summed E-state index contributed by atoms with van der Waals surface area (Å²) >= 11 is 6.10. The molecule has 0 saturated carbocycles. The molecule has 0 amide bonds. The van der Waals surface area contributed by atoms with Gasteiger partial charge in [-0.1, -0.05) is 31.5 Å². The van der Waals surface area contributed by atoms with Gasteiger partial charge in [-0.2, -0.15) is 5.10 Å². The SMILES string of the molecule is CC(C)Cn1ncc(NCc2cccnc2)c(Cl)c1=O. The van der Waals surface area contributed by atoms with E-state index in [1.807, 2.05) is 26.0 Å². The van der Waals surface area contributed by atoms with Crippen LogP contribution in [0, 0.1) is 5.92 Å². The van der Waals surface area contributed by atoms with Crippen molar-refractivity contribution in [1.29, 1.82) is 0 Å². The molecule has 0 aliphatic carbocycles. The number of rotatable bonds is 5. The van der Waals surface area contributed by atoms with Crippen molar-refractivity contribution in [2.75, 3.05) is 5.32 Å². The van der Waals surface area contributed by atoms with Crippen LogP contribution < -0.4 is 10.9 Å². The van der Waals surface area contributed by atoms with Crippen LogP contribution in [0.1, 0.15) is 19.4 Å². The van der Waals surface area contributed by atoms with Gasteiger partial charge in [0.25, 0.3) is 5.56 Å². The molecule has 0 saturated heterocycles. The van der Waals surface area contributed by atoms with Gasteiger partial charge in [0.2, 0.25) is 0 Å². The van der Waals surface area contributed by atoms with E-state index in [2.05, 4.69) is 15.4 Å². The standard InChI is InChI=1S/C14H17ClN4O/c1-10(2)9-19-14(20)13(15)12(8-18-19)17-7-11-4-3-5-16-6-11/h3-6,8,10,17H,7,9H2,1-2H3. The van der Waals surface area contributed by atoms with E-state index in [1.165, 1.54) is 4.68 Å². The normalized spacial score (nSPS) is 10.8. The molecule has 5 nitrogen and oxygen atoms in total. The lowest BCUT2D eigenvalue weighted by molar-refractivity contribution is 0.464. The maximum absolute atomic E-state index is 12.1. The average molecular weight is 293 g/mol. The van der Waals surface area contributed by atoms with Gasteiger partial charge < -0.3 is 5.32 Å². The second-order valence-electron chi connectivity index (χ2n) is 4.97. The summed E-state index contributed by atoms with van der Waals surface area (Å²) in [4.78, 5) is 16.1. The minimum absolute atomic E-state index is 0.171. The van der Waals surface area contributed by atoms with Crippen LogP contribution in [0.3, 0.4) is 0 Å². The third-order valence-corrected chi connectivity index (χ3v) is 3.09. The van der Waals surface area contributed by atoms with E-state index in [1.54, 1.807) is 18.6 Å². The third-order valence-electron chi connectivity index (χ3n) is 2.73. The molecule has 0 spiro atoms. The summed E-state index contributed by atoms with van der Waals surface area (Å²) in [5, 5.41) is 7.41. The first-order chi connectivity index (χ1) is 9.58. The second-order valence-corrected chi connectivity index (χ2v) is 5.35. The van der Waals surface area contributed by atoms with Crippen molar-refractivity contribution in [3.63, 3.8) is 0 Å². The van der Waals surface area contributed by atoms with Crippen LogP contribution in [0.25, 0.3) is 0 Å². The zero-order chi connectivity index (χ0) is 14.5. The lowest BCUT2D eigenvalue weighted by atomic mass is 10.2. The summed E-state index contributed by atoms with van der Waals surface area (Å²) in [5.41, 5.74) is 1.28. The first kappa shape index (κ1) is 14.5. The smallest absolute Gasteiger partial charge is 0.287 e. The largest absolute Gasteiger partial charge is 0.378 e. The van der Waals surface area contributed by atoms with Gasteiger partial charge in [0.1, 0.15) is 5.02 Å². The Morgan fingerprint density at radius 2 is 2.20 bits per heavy atom. The Bertz CT molecular complexity index is 625. The van der Waals surface area contributed by atoms with Crippen molar-refractivity contribution in [3.8, 4) is 0 Å². The average Bonchev–Trinajstić information content (AvgIpc) is 2.44. The Labute approximate surface area is 122 Å². The van der Waals surface area contributed by atoms with Crippen molar-refractivity contribution in [2.45, 2.75) is 26.9 Å². The Balaban J connectivity index is 2.13. The van der Waals surface area contributed by atoms with Gasteiger partial charge in [-0.05, 0) is 17.5 Å². The summed E-state index contributed by atoms with van der Waals surface area (Å²) in [6.07, 6.45) is 5.06. The summed E-state index contributed by atoms with van der Waals surface area (Å²) < 4.78 is 1.39. The molecular weight excluding hydrogens is 276 g/mol. The molecule has 2 rings (SSSR count). The monoisotopic (exact) mass is 292 g/mol. The predicted molar refractivity (Wildman–Crippen MR) is 79.9 cm³/mol. The first-order valence-electron chi connectivity index (χ1n) is 6.46. The minimum atomic E-state index is -0.267. The van der Waals surface area contributed by atoms with Crippen LogP contribution in [0.15, 0.2) is 35.5 Å². The van der Waals surface area contributed by atoms with E-state index in [-0.39, 0.29) is 10.6 Å². The first-order valence-corrected chi connectivity index (χ1v) is 6.84. The maximum atomic E-state index is 12.1. The number of aromatic nitrogens is 3. The fraction of sp³-hybridized carbons (Fsp3) is 0.357. The molecule has 1 N–H and O–H groups in total. The van der Waals surface area contributed by atoms with Crippen molar-refractivity contribution in [1.82, 2.24) is 14.8 Å².